The average molecular weight is 389 g/mol. The number of allylic oxidation sites excluding steroid dienone is 2. The smallest absolute Gasteiger partial charge is 0.371 e. The number of likely N-dealkylation sites (N-methyl/N-ethyl adjacent to an activating group) is 1. The van der Waals surface area contributed by atoms with Gasteiger partial charge in [0, 0.05) is 18.5 Å². The zero-order chi connectivity index (χ0) is 20.3. The number of carboxylic acid groups (broad SMARTS) is 1. The fraction of sp³-hybridized carbons (Fsp3) is 0.286. The summed E-state index contributed by atoms with van der Waals surface area (Å²) >= 11 is 0. The molecule has 1 aromatic carbocycles. The largest absolute Gasteiger partial charge is 0.475 e. The van der Waals surface area contributed by atoms with Crippen LogP contribution in [-0.4, -0.2) is 35.4 Å². The van der Waals surface area contributed by atoms with Crippen LogP contribution in [0.4, 0.5) is 8.78 Å². The highest BCUT2D eigenvalue weighted by Crippen LogP contribution is 2.34. The normalized spacial score (nSPS) is 19.3. The lowest BCUT2D eigenvalue weighted by molar-refractivity contribution is -0.238. The maximum absolute atomic E-state index is 13.2. The van der Waals surface area contributed by atoms with Crippen molar-refractivity contribution in [1.82, 2.24) is 4.90 Å². The van der Waals surface area contributed by atoms with Gasteiger partial charge >= 0.3 is 12.6 Å². The lowest BCUT2D eigenvalue weighted by Crippen LogP contribution is -2.48. The summed E-state index contributed by atoms with van der Waals surface area (Å²) < 4.78 is 36.6. The number of benzene rings is 1. The van der Waals surface area contributed by atoms with Crippen molar-refractivity contribution in [1.29, 1.82) is 0 Å². The van der Waals surface area contributed by atoms with E-state index in [1.165, 1.54) is 6.07 Å². The molecule has 0 fully saturated rings. The van der Waals surface area contributed by atoms with Crippen LogP contribution in [0.25, 0.3) is 5.57 Å². The van der Waals surface area contributed by atoms with Crippen LogP contribution in [0.1, 0.15) is 33.9 Å². The van der Waals surface area contributed by atoms with Gasteiger partial charge in [0.05, 0.1) is 0 Å². The first kappa shape index (κ1) is 20.0. The van der Waals surface area contributed by atoms with Gasteiger partial charge in [-0.1, -0.05) is 42.5 Å². The predicted octanol–water partition coefficient (Wildman–Crippen LogP) is 4.70. The Labute approximate surface area is 161 Å². The van der Waals surface area contributed by atoms with Crippen molar-refractivity contribution in [2.45, 2.75) is 32.2 Å². The van der Waals surface area contributed by atoms with Gasteiger partial charge in [0.1, 0.15) is 5.76 Å². The summed E-state index contributed by atoms with van der Waals surface area (Å²) in [6.07, 6.45) is 5.47. The number of ether oxygens (including phenoxy) is 1. The predicted molar refractivity (Wildman–Crippen MR) is 99.9 cm³/mol. The van der Waals surface area contributed by atoms with Crippen molar-refractivity contribution in [3.8, 4) is 0 Å². The molecule has 5 nitrogen and oxygen atoms in total. The number of aryl methyl sites for hydroxylation is 1. The zero-order valence-corrected chi connectivity index (χ0v) is 15.6. The summed E-state index contributed by atoms with van der Waals surface area (Å²) in [7, 11) is 1.65. The van der Waals surface area contributed by atoms with E-state index in [1.807, 2.05) is 36.4 Å². The number of carboxylic acids is 1. The number of furan rings is 1. The molecule has 0 saturated carbocycles. The molecule has 0 bridgehead atoms. The highest BCUT2D eigenvalue weighted by atomic mass is 19.3. The van der Waals surface area contributed by atoms with E-state index in [-0.39, 0.29) is 18.7 Å². The van der Waals surface area contributed by atoms with Crippen molar-refractivity contribution in [3.05, 3.63) is 77.3 Å². The number of alkyl halides is 2. The Hall–Kier alpha value is -2.77. The van der Waals surface area contributed by atoms with E-state index in [2.05, 4.69) is 0 Å². The zero-order valence-electron chi connectivity index (χ0n) is 15.6. The van der Waals surface area contributed by atoms with E-state index in [1.54, 1.807) is 31.0 Å². The number of halogens is 2. The Morgan fingerprint density at radius 3 is 2.61 bits per heavy atom. The number of nitrogens with zero attached hydrogens (tertiary/aromatic N) is 1. The lowest BCUT2D eigenvalue weighted by atomic mass is 9.93. The Kier molecular flexibility index (Phi) is 5.76. The third-order valence-electron chi connectivity index (χ3n) is 4.82. The van der Waals surface area contributed by atoms with Gasteiger partial charge < -0.3 is 9.52 Å². The first-order valence-corrected chi connectivity index (χ1v) is 8.75. The number of aromatic carboxylic acids is 1. The number of hydrogen-bond acceptors (Lipinski definition) is 4. The average Bonchev–Trinajstić information content (AvgIpc) is 3.03. The van der Waals surface area contributed by atoms with Crippen LogP contribution in [0, 0.1) is 6.92 Å². The summed E-state index contributed by atoms with van der Waals surface area (Å²) in [6.45, 7) is -1.13. The molecule has 28 heavy (non-hydrogen) atoms. The van der Waals surface area contributed by atoms with Gasteiger partial charge in [-0.2, -0.15) is 8.78 Å². The molecule has 0 saturated heterocycles. The third-order valence-corrected chi connectivity index (χ3v) is 4.82. The molecule has 0 amide bonds. The van der Waals surface area contributed by atoms with E-state index in [0.717, 1.165) is 11.1 Å². The minimum atomic E-state index is -2.96. The van der Waals surface area contributed by atoms with Crippen LogP contribution < -0.4 is 0 Å². The number of rotatable bonds is 7. The van der Waals surface area contributed by atoms with Crippen LogP contribution >= 0.6 is 0 Å². The fourth-order valence-electron chi connectivity index (χ4n) is 3.24. The molecule has 0 radical (unpaired) electrons. The maximum atomic E-state index is 13.2. The molecule has 148 valence electrons. The second-order valence-corrected chi connectivity index (χ2v) is 6.64. The van der Waals surface area contributed by atoms with Gasteiger partial charge in [-0.25, -0.2) is 4.79 Å². The topological polar surface area (TPSA) is 62.9 Å². The molecule has 1 heterocycles. The molecular formula is C21H21F2NO4. The lowest BCUT2D eigenvalue weighted by Gasteiger charge is -2.40. The molecular weight excluding hydrogens is 368 g/mol. The van der Waals surface area contributed by atoms with Crippen molar-refractivity contribution >= 4 is 11.5 Å². The number of hydrogen-bond donors (Lipinski definition) is 1. The van der Waals surface area contributed by atoms with Crippen LogP contribution in [0.15, 0.2) is 59.0 Å². The van der Waals surface area contributed by atoms with Gasteiger partial charge in [0.2, 0.25) is 5.76 Å². The van der Waals surface area contributed by atoms with Crippen molar-refractivity contribution in [2.24, 2.45) is 0 Å². The summed E-state index contributed by atoms with van der Waals surface area (Å²) in [4.78, 5) is 12.7. The SMILES string of the molecule is Cc1oc(C(=O)O)cc1CN(C)C1(OC(F)F)C=CC(c2ccccc2)=CC1. The highest BCUT2D eigenvalue weighted by Gasteiger charge is 2.37. The van der Waals surface area contributed by atoms with Crippen molar-refractivity contribution in [3.63, 3.8) is 0 Å². The summed E-state index contributed by atoms with van der Waals surface area (Å²) in [6, 6.07) is 11.0. The molecule has 1 aliphatic rings. The van der Waals surface area contributed by atoms with Gasteiger partial charge in [-0.15, -0.1) is 0 Å². The van der Waals surface area contributed by atoms with Crippen LogP contribution in [0.2, 0.25) is 0 Å². The molecule has 1 atom stereocenters. The fourth-order valence-corrected chi connectivity index (χ4v) is 3.24. The first-order chi connectivity index (χ1) is 13.3. The van der Waals surface area contributed by atoms with E-state index in [0.29, 0.717) is 11.3 Å². The van der Waals surface area contributed by atoms with Gasteiger partial charge in [-0.3, -0.25) is 9.64 Å². The van der Waals surface area contributed by atoms with E-state index in [9.17, 15) is 13.6 Å². The van der Waals surface area contributed by atoms with Crippen molar-refractivity contribution in [2.75, 3.05) is 7.05 Å². The standard InChI is InChI=1S/C21H21F2NO4/c1-14-17(12-18(27-14)19(25)26)13-24(2)21(28-20(22)23)10-8-16(9-11-21)15-6-4-3-5-7-15/h3-10,12,20H,11,13H2,1-2H3,(H,25,26). The summed E-state index contributed by atoms with van der Waals surface area (Å²) in [5.74, 6) is -0.935. The van der Waals surface area contributed by atoms with Gasteiger partial charge in [0.25, 0.3) is 0 Å². The Balaban J connectivity index is 1.84. The molecule has 1 aliphatic carbocycles. The molecule has 1 N–H and O–H groups in total. The number of carbonyl (C=O) groups is 1. The minimum absolute atomic E-state index is 0.185. The quantitative estimate of drug-likeness (QED) is 0.696. The monoisotopic (exact) mass is 389 g/mol. The minimum Gasteiger partial charge on any atom is -0.475 e. The second-order valence-electron chi connectivity index (χ2n) is 6.64. The first-order valence-electron chi connectivity index (χ1n) is 8.75. The molecule has 0 aliphatic heterocycles. The maximum Gasteiger partial charge on any atom is 0.371 e. The molecule has 2 aromatic rings. The third kappa shape index (κ3) is 4.21. The van der Waals surface area contributed by atoms with Crippen LogP contribution in [0.3, 0.4) is 0 Å². The van der Waals surface area contributed by atoms with Gasteiger partial charge in [0.15, 0.2) is 5.72 Å². The van der Waals surface area contributed by atoms with Gasteiger partial charge in [-0.05, 0) is 37.3 Å². The van der Waals surface area contributed by atoms with E-state index >= 15 is 0 Å². The van der Waals surface area contributed by atoms with Crippen molar-refractivity contribution < 1.29 is 27.8 Å². The molecule has 7 heteroatoms. The Bertz CT molecular complexity index is 904. The van der Waals surface area contributed by atoms with E-state index < -0.39 is 18.3 Å². The summed E-state index contributed by atoms with van der Waals surface area (Å²) in [5.41, 5.74) is 1.17. The molecule has 1 unspecified atom stereocenters. The Morgan fingerprint density at radius 2 is 2.07 bits per heavy atom. The summed E-state index contributed by atoms with van der Waals surface area (Å²) in [5, 5.41) is 9.06. The molecule has 3 rings (SSSR count). The highest BCUT2D eigenvalue weighted by molar-refractivity contribution is 5.84. The second kappa shape index (κ2) is 8.08. The Morgan fingerprint density at radius 1 is 1.36 bits per heavy atom. The van der Waals surface area contributed by atoms with E-state index in [4.69, 9.17) is 14.3 Å². The molecule has 0 spiro atoms. The molecule has 1 aromatic heterocycles. The van der Waals surface area contributed by atoms with Crippen LogP contribution in [0.5, 0.6) is 0 Å². The van der Waals surface area contributed by atoms with Crippen LogP contribution in [-0.2, 0) is 11.3 Å².